The highest BCUT2D eigenvalue weighted by Gasteiger charge is 2.18. The third kappa shape index (κ3) is 1.54. The maximum absolute atomic E-state index is 10.9. The number of aromatic nitrogens is 1. The summed E-state index contributed by atoms with van der Waals surface area (Å²) >= 11 is 0. The molecule has 0 fully saturated rings. The second kappa shape index (κ2) is 3.59. The number of fused-ring (bicyclic) bond motifs is 3. The molecule has 1 N–H and O–H groups in total. The molecule has 3 rings (SSSR count). The van der Waals surface area contributed by atoms with E-state index in [1.165, 1.54) is 0 Å². The van der Waals surface area contributed by atoms with Crippen molar-refractivity contribution in [3.8, 4) is 16.9 Å². The Morgan fingerprint density at radius 1 is 1.29 bits per heavy atom. The number of pyridine rings is 1. The number of hydrogen-bond donors (Lipinski definition) is 1. The predicted molar refractivity (Wildman–Crippen MR) is 61.0 cm³/mol. The van der Waals surface area contributed by atoms with Crippen LogP contribution in [0.5, 0.6) is 5.75 Å². The number of nitrogens with zero attached hydrogens (tertiary/aromatic N) is 1. The van der Waals surface area contributed by atoms with E-state index in [4.69, 9.17) is 9.84 Å². The molecule has 1 aromatic heterocycles. The molecule has 17 heavy (non-hydrogen) atoms. The van der Waals surface area contributed by atoms with Crippen LogP contribution < -0.4 is 4.74 Å². The van der Waals surface area contributed by atoms with Crippen LogP contribution in [-0.2, 0) is 6.61 Å². The van der Waals surface area contributed by atoms with E-state index < -0.39 is 5.97 Å². The maximum Gasteiger partial charge on any atom is 0.335 e. The third-order valence-corrected chi connectivity index (χ3v) is 2.81. The molecule has 84 valence electrons. The summed E-state index contributed by atoms with van der Waals surface area (Å²) in [5, 5.41) is 8.93. The fraction of sp³-hybridized carbons (Fsp3) is 0.0769. The zero-order chi connectivity index (χ0) is 11.8. The Bertz CT molecular complexity index is 607. The van der Waals surface area contributed by atoms with Gasteiger partial charge in [-0.25, -0.2) is 4.79 Å². The summed E-state index contributed by atoms with van der Waals surface area (Å²) in [6.07, 6.45) is 3.37. The van der Waals surface area contributed by atoms with Crippen molar-refractivity contribution < 1.29 is 14.6 Å². The Balaban J connectivity index is 2.18. The van der Waals surface area contributed by atoms with Gasteiger partial charge in [-0.3, -0.25) is 4.98 Å². The number of carbonyl (C=O) groups is 1. The minimum absolute atomic E-state index is 0.282. The Morgan fingerprint density at radius 3 is 3.00 bits per heavy atom. The van der Waals surface area contributed by atoms with Crippen molar-refractivity contribution in [1.82, 2.24) is 4.98 Å². The number of rotatable bonds is 1. The fourth-order valence-electron chi connectivity index (χ4n) is 1.98. The number of hydrogen-bond acceptors (Lipinski definition) is 3. The van der Waals surface area contributed by atoms with Gasteiger partial charge in [0.2, 0.25) is 0 Å². The summed E-state index contributed by atoms with van der Waals surface area (Å²) < 4.78 is 5.53. The molecule has 0 radical (unpaired) electrons. The molecule has 0 spiro atoms. The van der Waals surface area contributed by atoms with Crippen molar-refractivity contribution >= 4 is 5.97 Å². The van der Waals surface area contributed by atoms with Gasteiger partial charge in [-0.05, 0) is 29.3 Å². The Morgan fingerprint density at radius 2 is 2.18 bits per heavy atom. The van der Waals surface area contributed by atoms with E-state index in [9.17, 15) is 4.79 Å². The highest BCUT2D eigenvalue weighted by Crippen LogP contribution is 2.36. The van der Waals surface area contributed by atoms with E-state index >= 15 is 0 Å². The highest BCUT2D eigenvalue weighted by atomic mass is 16.5. The highest BCUT2D eigenvalue weighted by molar-refractivity contribution is 5.89. The van der Waals surface area contributed by atoms with Gasteiger partial charge >= 0.3 is 5.97 Å². The fourth-order valence-corrected chi connectivity index (χ4v) is 1.98. The quantitative estimate of drug-likeness (QED) is 0.812. The summed E-state index contributed by atoms with van der Waals surface area (Å²) in [5.41, 5.74) is 3.14. The molecule has 0 atom stereocenters. The minimum atomic E-state index is -0.923. The van der Waals surface area contributed by atoms with Gasteiger partial charge in [0.25, 0.3) is 0 Å². The second-order valence-corrected chi connectivity index (χ2v) is 3.84. The van der Waals surface area contributed by atoms with E-state index in [1.54, 1.807) is 24.5 Å². The smallest absolute Gasteiger partial charge is 0.335 e. The van der Waals surface area contributed by atoms with Crippen LogP contribution in [0.25, 0.3) is 11.1 Å². The Hall–Kier alpha value is -2.36. The molecule has 4 nitrogen and oxygen atoms in total. The molecule has 2 aromatic rings. The summed E-state index contributed by atoms with van der Waals surface area (Å²) in [6, 6.07) is 6.95. The van der Waals surface area contributed by atoms with Gasteiger partial charge in [0, 0.05) is 11.8 Å². The first kappa shape index (κ1) is 9.84. The first-order valence-corrected chi connectivity index (χ1v) is 5.19. The van der Waals surface area contributed by atoms with Crippen LogP contribution >= 0.6 is 0 Å². The van der Waals surface area contributed by atoms with Crippen LogP contribution in [0.1, 0.15) is 15.9 Å². The summed E-state index contributed by atoms with van der Waals surface area (Å²) in [7, 11) is 0. The van der Waals surface area contributed by atoms with E-state index in [0.717, 1.165) is 22.4 Å². The van der Waals surface area contributed by atoms with E-state index in [0.29, 0.717) is 6.61 Å². The average molecular weight is 227 g/mol. The van der Waals surface area contributed by atoms with Gasteiger partial charge in [0.1, 0.15) is 12.4 Å². The first-order chi connectivity index (χ1) is 8.25. The van der Waals surface area contributed by atoms with Gasteiger partial charge < -0.3 is 9.84 Å². The minimum Gasteiger partial charge on any atom is -0.487 e. The predicted octanol–water partition coefficient (Wildman–Crippen LogP) is 2.34. The molecule has 0 saturated heterocycles. The maximum atomic E-state index is 10.9. The molecule has 1 aliphatic rings. The van der Waals surface area contributed by atoms with Gasteiger partial charge in [-0.15, -0.1) is 0 Å². The zero-order valence-electron chi connectivity index (χ0n) is 8.88. The number of aromatic carboxylic acids is 1. The number of ether oxygens (including phenoxy) is 1. The summed E-state index contributed by atoms with van der Waals surface area (Å²) in [4.78, 5) is 14.9. The van der Waals surface area contributed by atoms with E-state index in [1.807, 2.05) is 12.1 Å². The lowest BCUT2D eigenvalue weighted by atomic mass is 9.96. The second-order valence-electron chi connectivity index (χ2n) is 3.84. The molecule has 0 bridgehead atoms. The van der Waals surface area contributed by atoms with Crippen LogP contribution in [0.2, 0.25) is 0 Å². The van der Waals surface area contributed by atoms with Gasteiger partial charge in [-0.1, -0.05) is 6.07 Å². The first-order valence-electron chi connectivity index (χ1n) is 5.19. The normalized spacial score (nSPS) is 12.2. The van der Waals surface area contributed by atoms with Crippen molar-refractivity contribution in [2.45, 2.75) is 6.61 Å². The molecule has 1 aromatic carbocycles. The van der Waals surface area contributed by atoms with Gasteiger partial charge in [0.15, 0.2) is 0 Å². The SMILES string of the molecule is O=C(O)c1ccc2c(c1)COc1cnccc1-2. The molecule has 0 amide bonds. The largest absolute Gasteiger partial charge is 0.487 e. The Labute approximate surface area is 97.5 Å². The monoisotopic (exact) mass is 227 g/mol. The molecule has 0 aliphatic carbocycles. The summed E-state index contributed by atoms with van der Waals surface area (Å²) in [5.74, 6) is -0.184. The van der Waals surface area contributed by atoms with Crippen LogP contribution in [-0.4, -0.2) is 16.1 Å². The van der Waals surface area contributed by atoms with Crippen molar-refractivity contribution in [2.75, 3.05) is 0 Å². The standard InChI is InChI=1S/C13H9NO3/c15-13(16)8-1-2-10-9(5-8)7-17-12-6-14-4-3-11(10)12/h1-6H,7H2,(H,15,16). The van der Waals surface area contributed by atoms with E-state index in [2.05, 4.69) is 4.98 Å². The van der Waals surface area contributed by atoms with Crippen molar-refractivity contribution in [3.63, 3.8) is 0 Å². The molecule has 1 aliphatic heterocycles. The van der Waals surface area contributed by atoms with Crippen molar-refractivity contribution in [2.24, 2.45) is 0 Å². The van der Waals surface area contributed by atoms with Crippen molar-refractivity contribution in [1.29, 1.82) is 0 Å². The van der Waals surface area contributed by atoms with Gasteiger partial charge in [0.05, 0.1) is 11.8 Å². The molecule has 4 heteroatoms. The number of carboxylic acids is 1. The lowest BCUT2D eigenvalue weighted by Crippen LogP contribution is -2.07. The number of benzene rings is 1. The van der Waals surface area contributed by atoms with Crippen molar-refractivity contribution in [3.05, 3.63) is 47.8 Å². The van der Waals surface area contributed by atoms with Crippen LogP contribution in [0.15, 0.2) is 36.7 Å². The number of carboxylic acid groups (broad SMARTS) is 1. The molecular weight excluding hydrogens is 218 g/mol. The van der Waals surface area contributed by atoms with E-state index in [-0.39, 0.29) is 5.56 Å². The molecule has 2 heterocycles. The summed E-state index contributed by atoms with van der Waals surface area (Å²) in [6.45, 7) is 0.384. The molecule has 0 saturated carbocycles. The van der Waals surface area contributed by atoms with Gasteiger partial charge in [-0.2, -0.15) is 0 Å². The topological polar surface area (TPSA) is 59.4 Å². The van der Waals surface area contributed by atoms with Crippen LogP contribution in [0.3, 0.4) is 0 Å². The zero-order valence-corrected chi connectivity index (χ0v) is 8.88. The van der Waals surface area contributed by atoms with Crippen LogP contribution in [0, 0.1) is 0 Å². The molecule has 0 unspecified atom stereocenters. The van der Waals surface area contributed by atoms with Crippen LogP contribution in [0.4, 0.5) is 0 Å². The Kier molecular flexibility index (Phi) is 2.08. The lowest BCUT2D eigenvalue weighted by Gasteiger charge is -2.20. The molecular formula is C13H9NO3. The third-order valence-electron chi connectivity index (χ3n) is 2.81. The lowest BCUT2D eigenvalue weighted by molar-refractivity contribution is 0.0696. The average Bonchev–Trinajstić information content (AvgIpc) is 2.38.